The van der Waals surface area contributed by atoms with E-state index in [1.54, 1.807) is 24.3 Å². The van der Waals surface area contributed by atoms with E-state index in [-0.39, 0.29) is 11.7 Å². The van der Waals surface area contributed by atoms with Crippen LogP contribution in [-0.2, 0) is 16.1 Å². The lowest BCUT2D eigenvalue weighted by atomic mass is 10.0. The van der Waals surface area contributed by atoms with Crippen molar-refractivity contribution in [1.29, 1.82) is 0 Å². The van der Waals surface area contributed by atoms with Crippen LogP contribution in [0.3, 0.4) is 0 Å². The van der Waals surface area contributed by atoms with E-state index in [1.807, 2.05) is 36.4 Å². The number of hydrogen-bond donors (Lipinski definition) is 1. The Morgan fingerprint density at radius 1 is 1.14 bits per heavy atom. The quantitative estimate of drug-likeness (QED) is 0.446. The number of pyridine rings is 1. The maximum absolute atomic E-state index is 13.4. The van der Waals surface area contributed by atoms with Crippen molar-refractivity contribution in [2.75, 3.05) is 44.8 Å². The van der Waals surface area contributed by atoms with Gasteiger partial charge in [0.25, 0.3) is 0 Å². The lowest BCUT2D eigenvalue weighted by Gasteiger charge is -2.36. The van der Waals surface area contributed by atoms with Crippen LogP contribution < -0.4 is 10.2 Å². The number of ether oxygens (including phenoxy) is 1. The van der Waals surface area contributed by atoms with Crippen molar-refractivity contribution in [1.82, 2.24) is 15.2 Å². The van der Waals surface area contributed by atoms with Gasteiger partial charge in [-0.25, -0.2) is 4.39 Å². The molecule has 1 unspecified atom stereocenters. The first-order valence-corrected chi connectivity index (χ1v) is 12.1. The first kappa shape index (κ1) is 24.8. The number of nitrogens with zero attached hydrogens (tertiary/aromatic N) is 3. The molecule has 3 aromatic rings. The molecule has 4 rings (SSSR count). The molecule has 0 spiro atoms. The largest absolute Gasteiger partial charge is 0.381 e. The van der Waals surface area contributed by atoms with E-state index >= 15 is 0 Å². The highest BCUT2D eigenvalue weighted by atomic mass is 19.1. The van der Waals surface area contributed by atoms with Gasteiger partial charge in [0.05, 0.1) is 13.0 Å². The van der Waals surface area contributed by atoms with Crippen LogP contribution in [0.25, 0.3) is 11.1 Å². The van der Waals surface area contributed by atoms with Gasteiger partial charge in [-0.15, -0.1) is 0 Å². The maximum atomic E-state index is 13.4. The standard InChI is InChI=1S/C28H33FN4O2/c1-32(20-22-5-4-14-30-19-22)28(34)13-18-35-17-12-25-21-33(16-15-31-25)27-7-3-2-6-26(27)23-8-10-24(29)11-9-23/h2-11,14,19,25,31H,12-13,15-18,20-21H2,1H3. The van der Waals surface area contributed by atoms with Gasteiger partial charge in [-0.3, -0.25) is 9.78 Å². The zero-order chi connectivity index (χ0) is 24.5. The normalized spacial score (nSPS) is 15.7. The predicted molar refractivity (Wildman–Crippen MR) is 137 cm³/mol. The number of benzene rings is 2. The van der Waals surface area contributed by atoms with Gasteiger partial charge in [-0.1, -0.05) is 36.4 Å². The third-order valence-electron chi connectivity index (χ3n) is 6.29. The molecule has 7 heteroatoms. The zero-order valence-corrected chi connectivity index (χ0v) is 20.2. The van der Waals surface area contributed by atoms with Crippen LogP contribution in [0.15, 0.2) is 73.1 Å². The highest BCUT2D eigenvalue weighted by molar-refractivity contribution is 5.78. The van der Waals surface area contributed by atoms with Crippen LogP contribution in [0.5, 0.6) is 0 Å². The van der Waals surface area contributed by atoms with Gasteiger partial charge < -0.3 is 19.9 Å². The van der Waals surface area contributed by atoms with Crippen LogP contribution in [0.4, 0.5) is 10.1 Å². The molecular weight excluding hydrogens is 443 g/mol. The Bertz CT molecular complexity index is 1080. The molecule has 35 heavy (non-hydrogen) atoms. The molecule has 6 nitrogen and oxygen atoms in total. The molecule has 0 aliphatic carbocycles. The Hall–Kier alpha value is -3.29. The summed E-state index contributed by atoms with van der Waals surface area (Å²) in [7, 11) is 1.81. The second-order valence-corrected chi connectivity index (χ2v) is 8.88. The summed E-state index contributed by atoms with van der Waals surface area (Å²) < 4.78 is 19.2. The van der Waals surface area contributed by atoms with Crippen molar-refractivity contribution < 1.29 is 13.9 Å². The predicted octanol–water partition coefficient (Wildman–Crippen LogP) is 4.12. The molecule has 1 fully saturated rings. The van der Waals surface area contributed by atoms with Crippen molar-refractivity contribution in [3.63, 3.8) is 0 Å². The molecule has 1 aliphatic rings. The molecule has 0 bridgehead atoms. The highest BCUT2D eigenvalue weighted by Crippen LogP contribution is 2.31. The number of rotatable bonds is 10. The fourth-order valence-electron chi connectivity index (χ4n) is 4.39. The van der Waals surface area contributed by atoms with Crippen LogP contribution in [0, 0.1) is 5.82 Å². The Morgan fingerprint density at radius 3 is 2.77 bits per heavy atom. The van der Waals surface area contributed by atoms with Gasteiger partial charge in [-0.2, -0.15) is 0 Å². The lowest BCUT2D eigenvalue weighted by molar-refractivity contribution is -0.131. The average Bonchev–Trinajstić information content (AvgIpc) is 2.89. The highest BCUT2D eigenvalue weighted by Gasteiger charge is 2.21. The topological polar surface area (TPSA) is 57.7 Å². The third-order valence-corrected chi connectivity index (χ3v) is 6.29. The second-order valence-electron chi connectivity index (χ2n) is 8.88. The second kappa shape index (κ2) is 12.4. The van der Waals surface area contributed by atoms with E-state index in [4.69, 9.17) is 4.74 Å². The molecule has 1 amide bonds. The Kier molecular flexibility index (Phi) is 8.81. The van der Waals surface area contributed by atoms with Crippen LogP contribution in [0.2, 0.25) is 0 Å². The number of hydrogen-bond acceptors (Lipinski definition) is 5. The number of piperazine rings is 1. The Balaban J connectivity index is 1.22. The molecule has 0 saturated carbocycles. The summed E-state index contributed by atoms with van der Waals surface area (Å²) in [6, 6.07) is 19.1. The van der Waals surface area contributed by atoms with E-state index in [1.165, 1.54) is 12.1 Å². The summed E-state index contributed by atoms with van der Waals surface area (Å²) in [5, 5.41) is 3.58. The monoisotopic (exact) mass is 476 g/mol. The molecule has 1 aliphatic heterocycles. The lowest BCUT2D eigenvalue weighted by Crippen LogP contribution is -2.51. The van der Waals surface area contributed by atoms with E-state index in [0.717, 1.165) is 48.4 Å². The van der Waals surface area contributed by atoms with Gasteiger partial charge in [0.15, 0.2) is 0 Å². The number of nitrogens with one attached hydrogen (secondary N) is 1. The van der Waals surface area contributed by atoms with Crippen LogP contribution >= 0.6 is 0 Å². The van der Waals surface area contributed by atoms with Crippen molar-refractivity contribution >= 4 is 11.6 Å². The molecule has 1 saturated heterocycles. The fraction of sp³-hybridized carbons (Fsp3) is 0.357. The number of para-hydroxylation sites is 1. The zero-order valence-electron chi connectivity index (χ0n) is 20.2. The number of anilines is 1. The fourth-order valence-corrected chi connectivity index (χ4v) is 4.39. The molecule has 1 aromatic heterocycles. The number of halogens is 1. The van der Waals surface area contributed by atoms with Gasteiger partial charge >= 0.3 is 0 Å². The first-order chi connectivity index (χ1) is 17.1. The molecule has 2 heterocycles. The average molecular weight is 477 g/mol. The van der Waals surface area contributed by atoms with Crippen molar-refractivity contribution in [3.05, 3.63) is 84.4 Å². The summed E-state index contributed by atoms with van der Waals surface area (Å²) in [4.78, 5) is 20.5. The van der Waals surface area contributed by atoms with E-state index in [2.05, 4.69) is 27.3 Å². The van der Waals surface area contributed by atoms with E-state index in [9.17, 15) is 9.18 Å². The maximum Gasteiger partial charge on any atom is 0.224 e. The van der Waals surface area contributed by atoms with Crippen LogP contribution in [-0.4, -0.2) is 61.7 Å². The molecule has 1 N–H and O–H groups in total. The summed E-state index contributed by atoms with van der Waals surface area (Å²) in [6.45, 7) is 4.24. The minimum Gasteiger partial charge on any atom is -0.381 e. The number of amides is 1. The minimum absolute atomic E-state index is 0.0632. The van der Waals surface area contributed by atoms with Gasteiger partial charge in [0.2, 0.25) is 5.91 Å². The van der Waals surface area contributed by atoms with E-state index in [0.29, 0.717) is 32.2 Å². The summed E-state index contributed by atoms with van der Waals surface area (Å²) >= 11 is 0. The number of carbonyl (C=O) groups excluding carboxylic acids is 1. The SMILES string of the molecule is CN(Cc1cccnc1)C(=O)CCOCCC1CN(c2ccccc2-c2ccc(F)cc2)CCN1. The minimum atomic E-state index is -0.227. The molecule has 1 atom stereocenters. The van der Waals surface area contributed by atoms with Gasteiger partial charge in [0.1, 0.15) is 5.82 Å². The molecule has 2 aromatic carbocycles. The van der Waals surface area contributed by atoms with Crippen LogP contribution in [0.1, 0.15) is 18.4 Å². The van der Waals surface area contributed by atoms with Gasteiger partial charge in [0, 0.05) is 69.5 Å². The smallest absolute Gasteiger partial charge is 0.224 e. The Morgan fingerprint density at radius 2 is 1.97 bits per heavy atom. The Labute approximate surface area is 206 Å². The molecule has 184 valence electrons. The molecular formula is C28H33FN4O2. The molecule has 0 radical (unpaired) electrons. The third kappa shape index (κ3) is 7.10. The van der Waals surface area contributed by atoms with Crippen molar-refractivity contribution in [3.8, 4) is 11.1 Å². The van der Waals surface area contributed by atoms with E-state index < -0.39 is 0 Å². The van der Waals surface area contributed by atoms with Crippen molar-refractivity contribution in [2.24, 2.45) is 0 Å². The van der Waals surface area contributed by atoms with Gasteiger partial charge in [-0.05, 0) is 41.8 Å². The summed E-state index contributed by atoms with van der Waals surface area (Å²) in [6.07, 6.45) is 4.74. The summed E-state index contributed by atoms with van der Waals surface area (Å²) in [5.41, 5.74) is 4.30. The number of aromatic nitrogens is 1. The summed E-state index contributed by atoms with van der Waals surface area (Å²) in [5.74, 6) is -0.163. The first-order valence-electron chi connectivity index (χ1n) is 12.1. The number of carbonyl (C=O) groups is 1. The van der Waals surface area contributed by atoms with Crippen molar-refractivity contribution in [2.45, 2.75) is 25.4 Å².